The zero-order valence-corrected chi connectivity index (χ0v) is 14.7. The largest absolute Gasteiger partial charge is 0.352 e. The molecule has 8 heteroatoms. The highest BCUT2D eigenvalue weighted by molar-refractivity contribution is 7.89. The fourth-order valence-electron chi connectivity index (χ4n) is 1.78. The predicted octanol–water partition coefficient (Wildman–Crippen LogP) is 1.15. The van der Waals surface area contributed by atoms with Gasteiger partial charge in [0.1, 0.15) is 0 Å². The Labute approximate surface area is 138 Å². The second-order valence-corrected chi connectivity index (χ2v) is 7.43. The van der Waals surface area contributed by atoms with Crippen molar-refractivity contribution in [3.8, 4) is 0 Å². The Kier molecular flexibility index (Phi) is 8.03. The molecule has 0 atom stereocenters. The van der Waals surface area contributed by atoms with E-state index in [4.69, 9.17) is 5.73 Å². The molecular formula is C14H24ClN3O3S. The lowest BCUT2D eigenvalue weighted by atomic mass is 10.1. The van der Waals surface area contributed by atoms with Gasteiger partial charge >= 0.3 is 0 Å². The van der Waals surface area contributed by atoms with Gasteiger partial charge in [-0.2, -0.15) is 0 Å². The highest BCUT2D eigenvalue weighted by Gasteiger charge is 2.24. The Balaban J connectivity index is 0.00000441. The molecule has 0 unspecified atom stereocenters. The Hall–Kier alpha value is -1.15. The SMILES string of the molecule is CC(C)(C)NS(=O)(=O)c1ccccc1CNC(=O)CCN.Cl. The van der Waals surface area contributed by atoms with E-state index in [1.807, 2.05) is 0 Å². The van der Waals surface area contributed by atoms with E-state index in [0.717, 1.165) is 0 Å². The van der Waals surface area contributed by atoms with Gasteiger partial charge in [0.05, 0.1) is 4.90 Å². The van der Waals surface area contributed by atoms with Crippen molar-refractivity contribution in [2.45, 2.75) is 44.2 Å². The molecule has 0 spiro atoms. The maximum absolute atomic E-state index is 12.4. The molecule has 0 aliphatic heterocycles. The number of carbonyl (C=O) groups is 1. The molecule has 1 amide bonds. The summed E-state index contributed by atoms with van der Waals surface area (Å²) in [7, 11) is -3.63. The second kappa shape index (κ2) is 8.47. The summed E-state index contributed by atoms with van der Waals surface area (Å²) in [5.41, 5.74) is 5.27. The first kappa shape index (κ1) is 20.9. The quantitative estimate of drug-likeness (QED) is 0.717. The molecule has 0 aliphatic rings. The van der Waals surface area contributed by atoms with Crippen molar-refractivity contribution in [3.05, 3.63) is 29.8 Å². The highest BCUT2D eigenvalue weighted by atomic mass is 35.5. The van der Waals surface area contributed by atoms with Crippen LogP contribution in [-0.4, -0.2) is 26.4 Å². The van der Waals surface area contributed by atoms with Crippen LogP contribution < -0.4 is 15.8 Å². The third-order valence-electron chi connectivity index (χ3n) is 2.55. The molecule has 22 heavy (non-hydrogen) atoms. The van der Waals surface area contributed by atoms with Gasteiger partial charge in [0.2, 0.25) is 15.9 Å². The summed E-state index contributed by atoms with van der Waals surface area (Å²) in [6.07, 6.45) is 0.217. The molecule has 1 aromatic carbocycles. The van der Waals surface area contributed by atoms with Crippen molar-refractivity contribution in [3.63, 3.8) is 0 Å². The Morgan fingerprint density at radius 1 is 1.23 bits per heavy atom. The van der Waals surface area contributed by atoms with Gasteiger partial charge in [-0.15, -0.1) is 12.4 Å². The lowest BCUT2D eigenvalue weighted by molar-refractivity contribution is -0.121. The van der Waals surface area contributed by atoms with Gasteiger partial charge in [-0.25, -0.2) is 13.1 Å². The van der Waals surface area contributed by atoms with Crippen LogP contribution in [0.3, 0.4) is 0 Å². The molecule has 0 fully saturated rings. The van der Waals surface area contributed by atoms with Crippen LogP contribution in [-0.2, 0) is 21.4 Å². The van der Waals surface area contributed by atoms with Crippen LogP contribution in [0.5, 0.6) is 0 Å². The van der Waals surface area contributed by atoms with Gasteiger partial charge < -0.3 is 11.1 Å². The molecule has 1 aromatic rings. The summed E-state index contributed by atoms with van der Waals surface area (Å²) >= 11 is 0. The highest BCUT2D eigenvalue weighted by Crippen LogP contribution is 2.17. The van der Waals surface area contributed by atoms with Gasteiger partial charge in [-0.3, -0.25) is 4.79 Å². The minimum absolute atomic E-state index is 0. The van der Waals surface area contributed by atoms with Crippen LogP contribution >= 0.6 is 12.4 Å². The smallest absolute Gasteiger partial charge is 0.241 e. The lowest BCUT2D eigenvalue weighted by Gasteiger charge is -2.21. The minimum atomic E-state index is -3.63. The van der Waals surface area contributed by atoms with E-state index in [1.54, 1.807) is 39.0 Å². The molecule has 1 rings (SSSR count). The van der Waals surface area contributed by atoms with Crippen LogP contribution in [0.4, 0.5) is 0 Å². The van der Waals surface area contributed by atoms with E-state index < -0.39 is 15.6 Å². The molecular weight excluding hydrogens is 326 g/mol. The van der Waals surface area contributed by atoms with Gasteiger partial charge in [0, 0.05) is 25.0 Å². The zero-order valence-electron chi connectivity index (χ0n) is 13.0. The van der Waals surface area contributed by atoms with Crippen LogP contribution in [0.15, 0.2) is 29.2 Å². The first-order valence-corrected chi connectivity index (χ1v) is 8.23. The molecule has 0 bridgehead atoms. The van der Waals surface area contributed by atoms with Crippen LogP contribution in [0, 0.1) is 0 Å². The van der Waals surface area contributed by atoms with E-state index in [-0.39, 0.29) is 42.7 Å². The van der Waals surface area contributed by atoms with Crippen molar-refractivity contribution in [2.75, 3.05) is 6.54 Å². The number of hydrogen-bond donors (Lipinski definition) is 3. The fourth-order valence-corrected chi connectivity index (χ4v) is 3.44. The zero-order chi connectivity index (χ0) is 16.1. The predicted molar refractivity (Wildman–Crippen MR) is 89.3 cm³/mol. The Bertz CT molecular complexity index is 598. The molecule has 6 nitrogen and oxygen atoms in total. The van der Waals surface area contributed by atoms with E-state index in [2.05, 4.69) is 10.0 Å². The first-order valence-electron chi connectivity index (χ1n) is 6.74. The monoisotopic (exact) mass is 349 g/mol. The van der Waals surface area contributed by atoms with E-state index in [1.165, 1.54) is 6.07 Å². The number of nitrogens with two attached hydrogens (primary N) is 1. The van der Waals surface area contributed by atoms with Crippen molar-refractivity contribution in [1.29, 1.82) is 0 Å². The van der Waals surface area contributed by atoms with Crippen LogP contribution in [0.1, 0.15) is 32.8 Å². The summed E-state index contributed by atoms with van der Waals surface area (Å²) in [6.45, 7) is 5.74. The number of halogens is 1. The number of hydrogen-bond acceptors (Lipinski definition) is 4. The maximum atomic E-state index is 12.4. The molecule has 0 radical (unpaired) electrons. The van der Waals surface area contributed by atoms with Gasteiger partial charge in [0.25, 0.3) is 0 Å². The second-order valence-electron chi connectivity index (χ2n) is 5.78. The number of carbonyl (C=O) groups excluding carboxylic acids is 1. The van der Waals surface area contributed by atoms with E-state index in [0.29, 0.717) is 5.56 Å². The third kappa shape index (κ3) is 6.74. The average Bonchev–Trinajstić information content (AvgIpc) is 2.34. The van der Waals surface area contributed by atoms with Crippen molar-refractivity contribution < 1.29 is 13.2 Å². The van der Waals surface area contributed by atoms with Crippen molar-refractivity contribution in [1.82, 2.24) is 10.0 Å². The molecule has 0 heterocycles. The summed E-state index contributed by atoms with van der Waals surface area (Å²) in [6, 6.07) is 6.60. The number of nitrogens with one attached hydrogen (secondary N) is 2. The summed E-state index contributed by atoms with van der Waals surface area (Å²) in [5, 5.41) is 2.66. The van der Waals surface area contributed by atoms with Crippen LogP contribution in [0.25, 0.3) is 0 Å². The van der Waals surface area contributed by atoms with E-state index >= 15 is 0 Å². The number of sulfonamides is 1. The molecule has 4 N–H and O–H groups in total. The summed E-state index contributed by atoms with van der Waals surface area (Å²) < 4.78 is 27.4. The minimum Gasteiger partial charge on any atom is -0.352 e. The molecule has 126 valence electrons. The standard InChI is InChI=1S/C14H23N3O3S.ClH/c1-14(2,3)17-21(19,20)12-7-5-4-6-11(12)10-16-13(18)8-9-15;/h4-7,17H,8-10,15H2,1-3H3,(H,16,18);1H. The molecule has 0 aliphatic carbocycles. The topological polar surface area (TPSA) is 101 Å². The van der Waals surface area contributed by atoms with Crippen LogP contribution in [0.2, 0.25) is 0 Å². The van der Waals surface area contributed by atoms with Gasteiger partial charge in [0.15, 0.2) is 0 Å². The van der Waals surface area contributed by atoms with Crippen molar-refractivity contribution in [2.24, 2.45) is 5.73 Å². The third-order valence-corrected chi connectivity index (χ3v) is 4.41. The van der Waals surface area contributed by atoms with Crippen molar-refractivity contribution >= 4 is 28.3 Å². The molecule has 0 saturated heterocycles. The average molecular weight is 350 g/mol. The maximum Gasteiger partial charge on any atom is 0.241 e. The number of benzene rings is 1. The first-order chi connectivity index (χ1) is 9.65. The van der Waals surface area contributed by atoms with Gasteiger partial charge in [-0.05, 0) is 32.4 Å². The van der Waals surface area contributed by atoms with Gasteiger partial charge in [-0.1, -0.05) is 18.2 Å². The Morgan fingerprint density at radius 2 is 1.82 bits per heavy atom. The summed E-state index contributed by atoms with van der Waals surface area (Å²) in [5.74, 6) is -0.200. The number of rotatable bonds is 6. The normalized spacial score (nSPS) is 11.6. The Morgan fingerprint density at radius 3 is 2.36 bits per heavy atom. The number of amides is 1. The fraction of sp³-hybridized carbons (Fsp3) is 0.500. The summed E-state index contributed by atoms with van der Waals surface area (Å²) in [4.78, 5) is 11.6. The lowest BCUT2D eigenvalue weighted by Crippen LogP contribution is -2.41. The molecule has 0 aromatic heterocycles. The van der Waals surface area contributed by atoms with E-state index in [9.17, 15) is 13.2 Å². The molecule has 0 saturated carbocycles.